The van der Waals surface area contributed by atoms with Crippen molar-refractivity contribution in [1.29, 1.82) is 0 Å². The molecule has 0 unspecified atom stereocenters. The number of aliphatic hydroxyl groups excluding tert-OH is 1. The van der Waals surface area contributed by atoms with Crippen LogP contribution in [0.25, 0.3) is 17.7 Å². The van der Waals surface area contributed by atoms with E-state index in [1.54, 1.807) is 11.3 Å². The van der Waals surface area contributed by atoms with E-state index in [2.05, 4.69) is 116 Å². The molecule has 1 aromatic carbocycles. The van der Waals surface area contributed by atoms with Crippen LogP contribution in [0.3, 0.4) is 0 Å². The van der Waals surface area contributed by atoms with Crippen LogP contribution in [0, 0.1) is 11.8 Å². The fourth-order valence-electron chi connectivity index (χ4n) is 4.36. The molecule has 2 aromatic rings. The smallest absolute Gasteiger partial charge is 0.175 e. The fourth-order valence-corrected chi connectivity index (χ4v) is 5.55. The van der Waals surface area contributed by atoms with E-state index in [1.807, 2.05) is 26.8 Å². The van der Waals surface area contributed by atoms with Gasteiger partial charge in [0.25, 0.3) is 0 Å². The largest absolute Gasteiger partial charge is 0.396 e. The second kappa shape index (κ2) is 26.3. The third-order valence-corrected chi connectivity index (χ3v) is 8.05. The van der Waals surface area contributed by atoms with E-state index in [0.29, 0.717) is 6.61 Å². The van der Waals surface area contributed by atoms with E-state index in [-0.39, 0.29) is 11.7 Å². The molecule has 0 saturated carbocycles. The summed E-state index contributed by atoms with van der Waals surface area (Å²) in [6.07, 6.45) is 21.4. The quantitative estimate of drug-likeness (QED) is 0.195. The van der Waals surface area contributed by atoms with Crippen molar-refractivity contribution >= 4 is 34.8 Å². The first-order valence-electron chi connectivity index (χ1n) is 17.7. The summed E-state index contributed by atoms with van der Waals surface area (Å²) in [5.41, 5.74) is 6.61. The van der Waals surface area contributed by atoms with E-state index in [9.17, 15) is 4.79 Å². The van der Waals surface area contributed by atoms with Gasteiger partial charge in [0.05, 0.1) is 4.88 Å². The molecule has 0 bridgehead atoms. The van der Waals surface area contributed by atoms with Crippen molar-refractivity contribution in [3.63, 3.8) is 0 Å². The van der Waals surface area contributed by atoms with Crippen LogP contribution < -0.4 is 9.75 Å². The zero-order chi connectivity index (χ0) is 34.9. The molecule has 3 heteroatoms. The Kier molecular flexibility index (Phi) is 24.8. The lowest BCUT2D eigenvalue weighted by Gasteiger charge is -2.14. The molecule has 0 saturated heterocycles. The molecule has 0 fully saturated rings. The molecular weight excluding hydrogens is 581 g/mol. The van der Waals surface area contributed by atoms with Gasteiger partial charge in [0.2, 0.25) is 0 Å². The number of Topliss-reactive ketones (excluding diaryl/α,β-unsaturated/α-hetero) is 1. The first-order valence-corrected chi connectivity index (χ1v) is 18.5. The number of hydrogen-bond acceptors (Lipinski definition) is 3. The van der Waals surface area contributed by atoms with Crippen molar-refractivity contribution in [3.05, 3.63) is 98.1 Å². The highest BCUT2D eigenvalue weighted by Crippen LogP contribution is 2.25. The van der Waals surface area contributed by atoms with Crippen LogP contribution in [0.15, 0.2) is 77.9 Å². The zero-order valence-corrected chi connectivity index (χ0v) is 31.9. The number of allylic oxidation sites excluding steroid dienone is 7. The van der Waals surface area contributed by atoms with Gasteiger partial charge in [0.15, 0.2) is 5.78 Å². The van der Waals surface area contributed by atoms with Gasteiger partial charge >= 0.3 is 0 Å². The third-order valence-electron chi connectivity index (χ3n) is 6.89. The Morgan fingerprint density at radius 1 is 0.978 bits per heavy atom. The molecule has 0 spiro atoms. The van der Waals surface area contributed by atoms with Crippen molar-refractivity contribution in [2.45, 2.75) is 127 Å². The lowest BCUT2D eigenvalue weighted by Crippen LogP contribution is -2.18. The van der Waals surface area contributed by atoms with Gasteiger partial charge in [-0.3, -0.25) is 4.79 Å². The van der Waals surface area contributed by atoms with Crippen LogP contribution in [0.1, 0.15) is 142 Å². The van der Waals surface area contributed by atoms with Crippen LogP contribution in [0.5, 0.6) is 0 Å². The summed E-state index contributed by atoms with van der Waals surface area (Å²) in [6.45, 7) is 25.3. The Morgan fingerprint density at radius 3 is 2.09 bits per heavy atom. The van der Waals surface area contributed by atoms with Gasteiger partial charge in [-0.05, 0) is 92.7 Å². The highest BCUT2D eigenvalue weighted by Gasteiger charge is 2.13. The van der Waals surface area contributed by atoms with Gasteiger partial charge in [-0.25, -0.2) is 0 Å². The topological polar surface area (TPSA) is 37.3 Å². The van der Waals surface area contributed by atoms with Gasteiger partial charge in [-0.2, -0.15) is 0 Å². The van der Waals surface area contributed by atoms with E-state index in [0.717, 1.165) is 48.5 Å². The van der Waals surface area contributed by atoms with E-state index in [4.69, 9.17) is 5.11 Å². The summed E-state index contributed by atoms with van der Waals surface area (Å²) in [5, 5.41) is 9.32. The predicted molar refractivity (Wildman–Crippen MR) is 209 cm³/mol. The Labute approximate surface area is 287 Å². The summed E-state index contributed by atoms with van der Waals surface area (Å²) in [4.78, 5) is 13.2. The summed E-state index contributed by atoms with van der Waals surface area (Å²) < 4.78 is 1.27. The zero-order valence-electron chi connectivity index (χ0n) is 31.0. The molecule has 3 rings (SSSR count). The maximum Gasteiger partial charge on any atom is 0.175 e. The molecular formula is C43H66O2S. The molecule has 0 atom stereocenters. The van der Waals surface area contributed by atoms with Crippen molar-refractivity contribution in [1.82, 2.24) is 0 Å². The molecule has 1 aliphatic rings. The van der Waals surface area contributed by atoms with Gasteiger partial charge in [-0.1, -0.05) is 147 Å². The van der Waals surface area contributed by atoms with Crippen molar-refractivity contribution in [2.75, 3.05) is 6.61 Å². The molecule has 1 aliphatic carbocycles. The highest BCUT2D eigenvalue weighted by molar-refractivity contribution is 7.12. The van der Waals surface area contributed by atoms with E-state index < -0.39 is 0 Å². The number of aliphatic hydroxyl groups is 1. The van der Waals surface area contributed by atoms with Gasteiger partial charge in [-0.15, -0.1) is 11.3 Å². The minimum atomic E-state index is 0.0705. The van der Waals surface area contributed by atoms with Crippen molar-refractivity contribution in [2.24, 2.45) is 11.8 Å². The summed E-state index contributed by atoms with van der Waals surface area (Å²) >= 11 is 1.67. The maximum atomic E-state index is 12.3. The molecule has 46 heavy (non-hydrogen) atoms. The van der Waals surface area contributed by atoms with Crippen molar-refractivity contribution in [3.8, 4) is 0 Å². The van der Waals surface area contributed by atoms with E-state index >= 15 is 0 Å². The van der Waals surface area contributed by atoms with Crippen molar-refractivity contribution < 1.29 is 9.90 Å². The number of benzene rings is 1. The molecule has 1 heterocycles. The van der Waals surface area contributed by atoms with Crippen LogP contribution in [0.2, 0.25) is 0 Å². The standard InChI is InChI=1S/C20H28OS.C15H18.C4H10O.C4H10/c1-5-6-11-18-17(12-16-10-8-7-9-15(16)4)13-19(22-18)20(21)14(2)3;1-4-8-14(12-11-13(2)3)15-9-6-5-7-10-15;1-2-3-4-5;1-4(2)3/h11-14H,5-10H2,1-4H3;5-12H,2,4H2,1,3H3;5H,2-4H2,1H3;4H,1-3H3/b17-12-,18-11-;12-11-,14-8+;;. The lowest BCUT2D eigenvalue weighted by atomic mass is 9.92. The number of hydrogen-bond donors (Lipinski definition) is 1. The molecule has 1 aromatic heterocycles. The fraction of sp³-hybridized carbons (Fsp3) is 0.512. The molecule has 256 valence electrons. The number of unbranched alkanes of at least 4 members (excludes halogenated alkanes) is 2. The number of rotatable bonds is 11. The normalized spacial score (nSPS) is 14.1. The predicted octanol–water partition coefficient (Wildman–Crippen LogP) is 11.9. The first-order chi connectivity index (χ1) is 21.9. The van der Waals surface area contributed by atoms with Gasteiger partial charge < -0.3 is 5.11 Å². The third kappa shape index (κ3) is 19.7. The average Bonchev–Trinajstić information content (AvgIpc) is 3.42. The van der Waals surface area contributed by atoms with Gasteiger partial charge in [0.1, 0.15) is 0 Å². The molecule has 1 N–H and O–H groups in total. The molecule has 0 radical (unpaired) electrons. The second-order valence-electron chi connectivity index (χ2n) is 13.0. The number of ketones is 1. The van der Waals surface area contributed by atoms with Gasteiger partial charge in [0, 0.05) is 17.1 Å². The Balaban J connectivity index is 0.000000725. The minimum absolute atomic E-state index is 0.0705. The van der Waals surface area contributed by atoms with Crippen LogP contribution in [0.4, 0.5) is 0 Å². The Bertz CT molecular complexity index is 1330. The SMILES string of the molecule is C=C(C)/C=C\C(=C/CC)c1ccccc1.CC(C)C.CCC/C=c1\sc(C(=O)C(C)C)c\c1=C\C1=C(C)CCCC1.CCCCO. The maximum absolute atomic E-state index is 12.3. The number of carbonyl (C=O) groups is 1. The average molecular weight is 647 g/mol. The lowest BCUT2D eigenvalue weighted by molar-refractivity contribution is 0.0943. The second-order valence-corrected chi connectivity index (χ2v) is 14.1. The van der Waals surface area contributed by atoms with E-state index in [1.165, 1.54) is 57.7 Å². The molecule has 0 aliphatic heterocycles. The molecule has 0 amide bonds. The Hall–Kier alpha value is -2.75. The molecule has 2 nitrogen and oxygen atoms in total. The summed E-state index contributed by atoms with van der Waals surface area (Å²) in [6, 6.07) is 12.5. The number of carbonyl (C=O) groups excluding carboxylic acids is 1. The summed E-state index contributed by atoms with van der Waals surface area (Å²) in [7, 11) is 0. The highest BCUT2D eigenvalue weighted by atomic mass is 32.1. The number of thiophene rings is 1. The summed E-state index contributed by atoms with van der Waals surface area (Å²) in [5.74, 6) is 1.17. The van der Waals surface area contributed by atoms with Crippen LogP contribution >= 0.6 is 11.3 Å². The first kappa shape index (κ1) is 43.2. The monoisotopic (exact) mass is 646 g/mol. The minimum Gasteiger partial charge on any atom is -0.396 e. The van der Waals surface area contributed by atoms with Crippen LogP contribution in [-0.4, -0.2) is 17.5 Å². The Morgan fingerprint density at radius 2 is 1.61 bits per heavy atom. The van der Waals surface area contributed by atoms with Crippen LogP contribution in [-0.2, 0) is 0 Å².